The number of aryl methyl sites for hydroxylation is 1. The maximum atomic E-state index is 12.5. The van der Waals surface area contributed by atoms with Crippen LogP contribution in [0.25, 0.3) is 0 Å². The Kier molecular flexibility index (Phi) is 3.53. The minimum absolute atomic E-state index is 0.199. The molecule has 1 N–H and O–H groups in total. The van der Waals surface area contributed by atoms with Crippen LogP contribution in [0.15, 0.2) is 34.3 Å². The molecule has 1 aromatic carbocycles. The number of hydrogen-bond acceptors (Lipinski definition) is 5. The van der Waals surface area contributed by atoms with Gasteiger partial charge in [0.15, 0.2) is 0 Å². The summed E-state index contributed by atoms with van der Waals surface area (Å²) in [6, 6.07) is 6.69. The highest BCUT2D eigenvalue weighted by molar-refractivity contribution is 7.89. The van der Waals surface area contributed by atoms with Crippen LogP contribution in [0.1, 0.15) is 18.4 Å². The molecule has 0 aliphatic heterocycles. The summed E-state index contributed by atoms with van der Waals surface area (Å²) < 4.78 is 36.4. The smallest absolute Gasteiger partial charge is 0.276 e. The zero-order valence-corrected chi connectivity index (χ0v) is 14.8. The van der Waals surface area contributed by atoms with Crippen LogP contribution in [0.5, 0.6) is 0 Å². The van der Waals surface area contributed by atoms with Crippen molar-refractivity contribution in [3.05, 3.63) is 29.8 Å². The fourth-order valence-electron chi connectivity index (χ4n) is 4.62. The molecule has 3 saturated carbocycles. The maximum absolute atomic E-state index is 12.5. The zero-order chi connectivity index (χ0) is 17.1. The van der Waals surface area contributed by atoms with Gasteiger partial charge in [-0.25, -0.2) is 0 Å². The molecule has 6 nitrogen and oxygen atoms in total. The predicted molar refractivity (Wildman–Crippen MR) is 88.9 cm³/mol. The van der Waals surface area contributed by atoms with Crippen molar-refractivity contribution in [1.29, 1.82) is 0 Å². The van der Waals surface area contributed by atoms with E-state index in [-0.39, 0.29) is 16.7 Å². The monoisotopic (exact) mass is 350 g/mol. The summed E-state index contributed by atoms with van der Waals surface area (Å²) in [5.41, 5.74) is 1.69. The van der Waals surface area contributed by atoms with Gasteiger partial charge in [0.1, 0.15) is 5.71 Å². The number of hydrogen-bond donors (Lipinski definition) is 1. The lowest BCUT2D eigenvalue weighted by molar-refractivity contribution is -0.186. The van der Waals surface area contributed by atoms with Gasteiger partial charge in [-0.2, -0.15) is 18.4 Å². The Morgan fingerprint density at radius 1 is 1.12 bits per heavy atom. The number of fused-ring (bicyclic) bond motifs is 5. The molecule has 0 unspecified atom stereocenters. The number of rotatable bonds is 5. The van der Waals surface area contributed by atoms with Crippen LogP contribution < -0.4 is 4.83 Å². The lowest BCUT2D eigenvalue weighted by Crippen LogP contribution is -2.49. The molecule has 0 saturated heterocycles. The number of methoxy groups -OCH3 is 2. The standard InChI is InChI=1S/C17H22N2O4S/c1-10-4-6-11(7-5-10)24(20,21)19-18-16-14-9-15(13-8-12(13)14)17(16,22-2)23-3/h4-7,12-15,19H,8-9H2,1-3H3/b18-16+/t12-,13-,14-,15+/m0/s1. The average molecular weight is 350 g/mol. The predicted octanol–water partition coefficient (Wildman–Crippen LogP) is 1.90. The molecule has 24 heavy (non-hydrogen) atoms. The summed E-state index contributed by atoms with van der Waals surface area (Å²) in [7, 11) is -0.495. The summed E-state index contributed by atoms with van der Waals surface area (Å²) >= 11 is 0. The lowest BCUT2D eigenvalue weighted by Gasteiger charge is -2.35. The maximum Gasteiger partial charge on any atom is 0.276 e. The van der Waals surface area contributed by atoms with Gasteiger partial charge >= 0.3 is 0 Å². The first-order chi connectivity index (χ1) is 11.4. The van der Waals surface area contributed by atoms with E-state index in [9.17, 15) is 8.42 Å². The van der Waals surface area contributed by atoms with Crippen molar-refractivity contribution in [2.75, 3.05) is 14.2 Å². The third kappa shape index (κ3) is 2.14. The van der Waals surface area contributed by atoms with Crippen LogP contribution in [-0.2, 0) is 19.5 Å². The van der Waals surface area contributed by atoms with Gasteiger partial charge in [0.05, 0.1) is 4.90 Å². The van der Waals surface area contributed by atoms with E-state index in [0.29, 0.717) is 17.5 Å². The Morgan fingerprint density at radius 2 is 1.79 bits per heavy atom. The Balaban J connectivity index is 1.64. The van der Waals surface area contributed by atoms with Crippen molar-refractivity contribution < 1.29 is 17.9 Å². The van der Waals surface area contributed by atoms with Crippen LogP contribution in [0.3, 0.4) is 0 Å². The molecule has 1 aromatic rings. The SMILES string of the molecule is COC1(OC)/C(=N/NS(=O)(=O)c2ccc(C)cc2)[C@H]2C[C@@H]1[C@H]1C[C@@H]12. The highest BCUT2D eigenvalue weighted by atomic mass is 32.2. The van der Waals surface area contributed by atoms with Crippen LogP contribution in [0.2, 0.25) is 0 Å². The first-order valence-corrected chi connectivity index (χ1v) is 9.68. The summed E-state index contributed by atoms with van der Waals surface area (Å²) in [6.45, 7) is 1.91. The van der Waals surface area contributed by atoms with Gasteiger partial charge in [-0.15, -0.1) is 0 Å². The minimum atomic E-state index is -3.70. The number of nitrogens with one attached hydrogen (secondary N) is 1. The molecular weight excluding hydrogens is 328 g/mol. The van der Waals surface area contributed by atoms with E-state index in [1.807, 2.05) is 6.92 Å². The van der Waals surface area contributed by atoms with Crippen molar-refractivity contribution in [2.24, 2.45) is 28.8 Å². The van der Waals surface area contributed by atoms with E-state index in [0.717, 1.165) is 18.4 Å². The lowest BCUT2D eigenvalue weighted by atomic mass is 9.92. The second kappa shape index (κ2) is 5.28. The number of ether oxygens (including phenoxy) is 2. The Morgan fingerprint density at radius 3 is 2.42 bits per heavy atom. The number of sulfonamides is 1. The zero-order valence-electron chi connectivity index (χ0n) is 14.0. The molecule has 130 valence electrons. The molecule has 4 rings (SSSR count). The van der Waals surface area contributed by atoms with E-state index >= 15 is 0 Å². The number of benzene rings is 1. The molecular formula is C17H22N2O4S. The van der Waals surface area contributed by atoms with Crippen molar-refractivity contribution in [3.8, 4) is 0 Å². The molecule has 2 bridgehead atoms. The molecule has 4 atom stereocenters. The highest BCUT2D eigenvalue weighted by Gasteiger charge is 2.71. The van der Waals surface area contributed by atoms with Crippen LogP contribution in [-0.4, -0.2) is 34.1 Å². The van der Waals surface area contributed by atoms with Gasteiger partial charge in [-0.3, -0.25) is 0 Å². The molecule has 0 amide bonds. The molecule has 3 aliphatic carbocycles. The van der Waals surface area contributed by atoms with Gasteiger partial charge in [-0.1, -0.05) is 17.7 Å². The number of nitrogens with zero attached hydrogens (tertiary/aromatic N) is 1. The third-order valence-corrected chi connectivity index (χ3v) is 7.08. The third-order valence-electron chi connectivity index (χ3n) is 5.85. The summed E-state index contributed by atoms with van der Waals surface area (Å²) in [6.07, 6.45) is 2.12. The fourth-order valence-corrected chi connectivity index (χ4v) is 5.44. The second-order valence-corrected chi connectivity index (χ2v) is 8.65. The first kappa shape index (κ1) is 16.1. The van der Waals surface area contributed by atoms with Gasteiger partial charge in [-0.05, 0) is 43.7 Å². The summed E-state index contributed by atoms with van der Waals surface area (Å²) in [5, 5.41) is 4.28. The normalized spacial score (nSPS) is 34.4. The Hall–Kier alpha value is -1.44. The molecule has 0 aromatic heterocycles. The Bertz CT molecular complexity index is 783. The molecule has 0 heterocycles. The highest BCUT2D eigenvalue weighted by Crippen LogP contribution is 2.68. The summed E-state index contributed by atoms with van der Waals surface area (Å²) in [4.78, 5) is 2.58. The van der Waals surface area contributed by atoms with E-state index in [1.54, 1.807) is 38.5 Å². The van der Waals surface area contributed by atoms with E-state index in [1.165, 1.54) is 0 Å². The van der Waals surface area contributed by atoms with Crippen LogP contribution in [0, 0.1) is 30.6 Å². The van der Waals surface area contributed by atoms with Crippen molar-refractivity contribution in [2.45, 2.75) is 30.4 Å². The van der Waals surface area contributed by atoms with E-state index in [4.69, 9.17) is 9.47 Å². The fraction of sp³-hybridized carbons (Fsp3) is 0.588. The molecule has 0 spiro atoms. The van der Waals surface area contributed by atoms with Crippen molar-refractivity contribution in [1.82, 2.24) is 4.83 Å². The second-order valence-electron chi connectivity index (χ2n) is 6.99. The Labute approximate surface area is 142 Å². The van der Waals surface area contributed by atoms with Crippen molar-refractivity contribution in [3.63, 3.8) is 0 Å². The van der Waals surface area contributed by atoms with Gasteiger partial charge in [0.25, 0.3) is 10.0 Å². The van der Waals surface area contributed by atoms with Crippen LogP contribution >= 0.6 is 0 Å². The summed E-state index contributed by atoms with van der Waals surface area (Å²) in [5.74, 6) is 0.863. The first-order valence-electron chi connectivity index (χ1n) is 8.20. The molecule has 3 aliphatic rings. The minimum Gasteiger partial charge on any atom is -0.348 e. The largest absolute Gasteiger partial charge is 0.348 e. The average Bonchev–Trinajstić information content (AvgIpc) is 3.21. The van der Waals surface area contributed by atoms with E-state index < -0.39 is 15.8 Å². The van der Waals surface area contributed by atoms with Crippen molar-refractivity contribution >= 4 is 15.7 Å². The molecule has 7 heteroatoms. The van der Waals surface area contributed by atoms with Gasteiger partial charge < -0.3 is 9.47 Å². The molecule has 3 fully saturated rings. The number of hydrazone groups is 1. The van der Waals surface area contributed by atoms with Gasteiger partial charge in [0.2, 0.25) is 5.79 Å². The van der Waals surface area contributed by atoms with Gasteiger partial charge in [0, 0.05) is 26.1 Å². The quantitative estimate of drug-likeness (QED) is 0.650. The van der Waals surface area contributed by atoms with E-state index in [2.05, 4.69) is 9.93 Å². The topological polar surface area (TPSA) is 77.0 Å². The molecule has 0 radical (unpaired) electrons. The van der Waals surface area contributed by atoms with Crippen LogP contribution in [0.4, 0.5) is 0 Å².